The quantitative estimate of drug-likeness (QED) is 0.665. The van der Waals surface area contributed by atoms with Crippen LogP contribution in [-0.4, -0.2) is 29.3 Å². The Hall–Kier alpha value is -1.73. The number of hydrogen-bond acceptors (Lipinski definition) is 4. The molecule has 3 rings (SSSR count). The molecule has 102 valence electrons. The topological polar surface area (TPSA) is 64.3 Å². The van der Waals surface area contributed by atoms with Crippen molar-refractivity contribution in [2.24, 2.45) is 0 Å². The average molecular weight is 352 g/mol. The first-order valence-electron chi connectivity index (χ1n) is 5.77. The van der Waals surface area contributed by atoms with Crippen molar-refractivity contribution in [3.63, 3.8) is 0 Å². The predicted octanol–water partition coefficient (Wildman–Crippen LogP) is 2.56. The number of fused-ring (bicyclic) bond motifs is 1. The maximum Gasteiger partial charge on any atom is 0.248 e. The number of nitrogens with zero attached hydrogens (tertiary/aromatic N) is 3. The molecule has 0 aliphatic heterocycles. The van der Waals surface area contributed by atoms with Crippen molar-refractivity contribution in [1.82, 2.24) is 14.6 Å². The highest BCUT2D eigenvalue weighted by atomic mass is 79.9. The van der Waals surface area contributed by atoms with Crippen molar-refractivity contribution < 1.29 is 8.42 Å². The molecule has 0 saturated carbocycles. The molecule has 0 fully saturated rings. The van der Waals surface area contributed by atoms with E-state index in [0.717, 1.165) is 16.3 Å². The summed E-state index contributed by atoms with van der Waals surface area (Å²) >= 11 is 3.48. The summed E-state index contributed by atoms with van der Waals surface area (Å²) < 4.78 is 25.6. The maximum absolute atomic E-state index is 11.8. The second kappa shape index (κ2) is 4.68. The van der Waals surface area contributed by atoms with E-state index in [-0.39, 0.29) is 5.16 Å². The lowest BCUT2D eigenvalue weighted by molar-refractivity contribution is 0.585. The monoisotopic (exact) mass is 351 g/mol. The van der Waals surface area contributed by atoms with E-state index in [2.05, 4.69) is 26.0 Å². The summed E-state index contributed by atoms with van der Waals surface area (Å²) in [5, 5.41) is 4.31. The van der Waals surface area contributed by atoms with E-state index in [9.17, 15) is 8.42 Å². The predicted molar refractivity (Wildman–Crippen MR) is 79.2 cm³/mol. The van der Waals surface area contributed by atoms with Gasteiger partial charge < -0.3 is 0 Å². The van der Waals surface area contributed by atoms with E-state index >= 15 is 0 Å². The minimum Gasteiger partial charge on any atom is -0.227 e. The molecule has 0 N–H and O–H groups in total. The van der Waals surface area contributed by atoms with Gasteiger partial charge in [-0.15, -0.1) is 0 Å². The summed E-state index contributed by atoms with van der Waals surface area (Å²) in [7, 11) is -3.45. The first kappa shape index (κ1) is 13.3. The molecule has 0 saturated heterocycles. The fraction of sp³-hybridized carbons (Fsp3) is 0.0769. The van der Waals surface area contributed by atoms with Gasteiger partial charge in [-0.05, 0) is 22.0 Å². The van der Waals surface area contributed by atoms with Crippen LogP contribution in [0.1, 0.15) is 0 Å². The fourth-order valence-electron chi connectivity index (χ4n) is 1.96. The van der Waals surface area contributed by atoms with Gasteiger partial charge in [-0.2, -0.15) is 5.10 Å². The lowest BCUT2D eigenvalue weighted by Crippen LogP contribution is -2.08. The Labute approximate surface area is 124 Å². The van der Waals surface area contributed by atoms with Crippen LogP contribution in [0.25, 0.3) is 16.8 Å². The molecule has 0 radical (unpaired) electrons. The van der Waals surface area contributed by atoms with Crippen LogP contribution >= 0.6 is 15.9 Å². The Morgan fingerprint density at radius 2 is 1.85 bits per heavy atom. The van der Waals surface area contributed by atoms with Crippen LogP contribution in [-0.2, 0) is 9.84 Å². The molecule has 5 nitrogen and oxygen atoms in total. The van der Waals surface area contributed by atoms with Gasteiger partial charge in [-0.1, -0.05) is 30.3 Å². The molecule has 3 aromatic rings. The molecule has 0 spiro atoms. The Balaban J connectivity index is 2.36. The highest BCUT2D eigenvalue weighted by Crippen LogP contribution is 2.31. The molecular weight excluding hydrogens is 342 g/mol. The van der Waals surface area contributed by atoms with Crippen molar-refractivity contribution in [2.75, 3.05) is 6.26 Å². The zero-order valence-corrected chi connectivity index (χ0v) is 12.9. The molecule has 20 heavy (non-hydrogen) atoms. The van der Waals surface area contributed by atoms with Crippen molar-refractivity contribution in [2.45, 2.75) is 5.16 Å². The molecule has 0 aliphatic rings. The number of rotatable bonds is 2. The normalized spacial score (nSPS) is 11.9. The number of benzene rings is 1. The molecule has 0 bridgehead atoms. The van der Waals surface area contributed by atoms with Crippen LogP contribution in [0.2, 0.25) is 0 Å². The summed E-state index contributed by atoms with van der Waals surface area (Å²) in [6, 6.07) is 11.3. The number of sulfone groups is 1. The van der Waals surface area contributed by atoms with Gasteiger partial charge in [0.2, 0.25) is 15.0 Å². The number of halogens is 1. The largest absolute Gasteiger partial charge is 0.248 e. The third kappa shape index (κ3) is 2.12. The molecule has 0 unspecified atom stereocenters. The first-order valence-corrected chi connectivity index (χ1v) is 8.45. The van der Waals surface area contributed by atoms with Crippen LogP contribution in [0, 0.1) is 0 Å². The van der Waals surface area contributed by atoms with Crippen LogP contribution < -0.4 is 0 Å². The molecule has 1 aromatic carbocycles. The minimum atomic E-state index is -3.45. The Kier molecular flexibility index (Phi) is 3.10. The zero-order chi connectivity index (χ0) is 14.3. The van der Waals surface area contributed by atoms with E-state index in [1.165, 1.54) is 10.7 Å². The third-order valence-corrected chi connectivity index (χ3v) is 4.56. The SMILES string of the molecule is CS(=O)(=O)c1nccc2c(Br)c(-c3ccccc3)nn12. The summed E-state index contributed by atoms with van der Waals surface area (Å²) in [5.74, 6) is 0. The standard InChI is InChI=1S/C13H10BrN3O2S/c1-20(18,19)13-15-8-7-10-11(14)12(16-17(10)13)9-5-3-2-4-6-9/h2-8H,1H3. The Bertz CT molecular complexity index is 889. The summed E-state index contributed by atoms with van der Waals surface area (Å²) in [4.78, 5) is 3.92. The lowest BCUT2D eigenvalue weighted by atomic mass is 10.1. The van der Waals surface area contributed by atoms with Crippen LogP contribution in [0.5, 0.6) is 0 Å². The summed E-state index contributed by atoms with van der Waals surface area (Å²) in [6.45, 7) is 0. The molecular formula is C13H10BrN3O2S. The molecule has 2 aromatic heterocycles. The van der Waals surface area contributed by atoms with Crippen molar-refractivity contribution in [1.29, 1.82) is 0 Å². The Morgan fingerprint density at radius 1 is 1.15 bits per heavy atom. The zero-order valence-electron chi connectivity index (χ0n) is 10.5. The van der Waals surface area contributed by atoms with Gasteiger partial charge in [0.25, 0.3) is 0 Å². The molecule has 7 heteroatoms. The van der Waals surface area contributed by atoms with Gasteiger partial charge in [-0.3, -0.25) is 0 Å². The van der Waals surface area contributed by atoms with Gasteiger partial charge >= 0.3 is 0 Å². The highest BCUT2D eigenvalue weighted by Gasteiger charge is 2.19. The lowest BCUT2D eigenvalue weighted by Gasteiger charge is -1.99. The van der Waals surface area contributed by atoms with Crippen LogP contribution in [0.4, 0.5) is 0 Å². The van der Waals surface area contributed by atoms with Gasteiger partial charge in [0, 0.05) is 18.0 Å². The van der Waals surface area contributed by atoms with E-state index in [1.54, 1.807) is 6.07 Å². The van der Waals surface area contributed by atoms with E-state index in [0.29, 0.717) is 11.2 Å². The van der Waals surface area contributed by atoms with Crippen LogP contribution in [0.15, 0.2) is 52.2 Å². The van der Waals surface area contributed by atoms with Gasteiger partial charge in [0.05, 0.1) is 9.99 Å². The smallest absolute Gasteiger partial charge is 0.227 e. The summed E-state index contributed by atoms with van der Waals surface area (Å²) in [6.07, 6.45) is 2.58. The molecule has 0 amide bonds. The molecule has 0 aliphatic carbocycles. The fourth-order valence-corrected chi connectivity index (χ4v) is 3.28. The summed E-state index contributed by atoms with van der Waals surface area (Å²) in [5.41, 5.74) is 2.25. The van der Waals surface area contributed by atoms with E-state index in [4.69, 9.17) is 0 Å². The highest BCUT2D eigenvalue weighted by molar-refractivity contribution is 9.10. The molecule has 0 atom stereocenters. The molecule has 2 heterocycles. The van der Waals surface area contributed by atoms with Gasteiger partial charge in [0.1, 0.15) is 5.69 Å². The average Bonchev–Trinajstić information content (AvgIpc) is 2.76. The van der Waals surface area contributed by atoms with E-state index < -0.39 is 9.84 Å². The number of hydrogen-bond donors (Lipinski definition) is 0. The maximum atomic E-state index is 11.8. The first-order chi connectivity index (χ1) is 9.48. The van der Waals surface area contributed by atoms with E-state index in [1.807, 2.05) is 30.3 Å². The van der Waals surface area contributed by atoms with Crippen molar-refractivity contribution >= 4 is 31.3 Å². The van der Waals surface area contributed by atoms with Gasteiger partial charge in [-0.25, -0.2) is 17.9 Å². The number of aromatic nitrogens is 3. The minimum absolute atomic E-state index is 0.0714. The van der Waals surface area contributed by atoms with Crippen molar-refractivity contribution in [3.8, 4) is 11.3 Å². The Morgan fingerprint density at radius 3 is 2.50 bits per heavy atom. The van der Waals surface area contributed by atoms with Crippen molar-refractivity contribution in [3.05, 3.63) is 47.1 Å². The van der Waals surface area contributed by atoms with Crippen LogP contribution in [0.3, 0.4) is 0 Å². The third-order valence-electron chi connectivity index (χ3n) is 2.84. The van der Waals surface area contributed by atoms with Gasteiger partial charge in [0.15, 0.2) is 0 Å². The second-order valence-corrected chi connectivity index (χ2v) is 7.03. The second-order valence-electron chi connectivity index (χ2n) is 4.33.